The Morgan fingerprint density at radius 3 is 2.64 bits per heavy atom. The number of nitrogens with one attached hydrogen (secondary N) is 2. The molecule has 176 valence electrons. The second-order valence-corrected chi connectivity index (χ2v) is 9.14. The van der Waals surface area contributed by atoms with Gasteiger partial charge in [-0.3, -0.25) is 9.59 Å². The lowest BCUT2D eigenvalue weighted by atomic mass is 9.92. The number of Topliss-reactive ketones (excluding diaryl/α,β-unsaturated/α-hetero) is 1. The van der Waals surface area contributed by atoms with Crippen LogP contribution in [0.3, 0.4) is 0 Å². The third kappa shape index (κ3) is 4.63. The van der Waals surface area contributed by atoms with Crippen LogP contribution in [0.15, 0.2) is 24.4 Å². The molecule has 1 saturated heterocycles. The number of fused-ring (bicyclic) bond motifs is 2. The molecule has 33 heavy (non-hydrogen) atoms. The molecule has 5 rings (SSSR count). The van der Waals surface area contributed by atoms with Crippen molar-refractivity contribution in [3.63, 3.8) is 0 Å². The number of benzene rings is 1. The van der Waals surface area contributed by atoms with Crippen LogP contribution in [0.4, 0.5) is 0 Å². The van der Waals surface area contributed by atoms with Crippen molar-refractivity contribution in [1.82, 2.24) is 15.2 Å². The Hall–Kier alpha value is -2.84. The molecule has 1 fully saturated rings. The van der Waals surface area contributed by atoms with E-state index in [2.05, 4.69) is 15.2 Å². The Morgan fingerprint density at radius 2 is 1.82 bits per heavy atom. The number of carbonyl (C=O) groups excluding carboxylic acids is 2. The first-order chi connectivity index (χ1) is 16.1. The average Bonchev–Trinajstić information content (AvgIpc) is 3.52. The van der Waals surface area contributed by atoms with Crippen molar-refractivity contribution in [2.24, 2.45) is 0 Å². The van der Waals surface area contributed by atoms with Gasteiger partial charge in [-0.15, -0.1) is 0 Å². The predicted octanol–water partition coefficient (Wildman–Crippen LogP) is 2.16. The lowest BCUT2D eigenvalue weighted by Gasteiger charge is -2.29. The summed E-state index contributed by atoms with van der Waals surface area (Å²) in [7, 11) is 0. The maximum Gasteiger partial charge on any atom is 0.294 e. The maximum atomic E-state index is 13.0. The maximum absolute atomic E-state index is 13.0. The zero-order valence-corrected chi connectivity index (χ0v) is 18.8. The highest BCUT2D eigenvalue weighted by Crippen LogP contribution is 2.33. The summed E-state index contributed by atoms with van der Waals surface area (Å²) in [4.78, 5) is 31.3. The van der Waals surface area contributed by atoms with E-state index in [0.29, 0.717) is 42.5 Å². The second-order valence-electron chi connectivity index (χ2n) is 9.14. The van der Waals surface area contributed by atoms with Gasteiger partial charge in [0.25, 0.3) is 11.7 Å². The van der Waals surface area contributed by atoms with Crippen molar-refractivity contribution < 1.29 is 24.2 Å². The number of aryl methyl sites for hydroxylation is 1. The van der Waals surface area contributed by atoms with Gasteiger partial charge in [-0.1, -0.05) is 6.07 Å². The zero-order chi connectivity index (χ0) is 22.8. The van der Waals surface area contributed by atoms with E-state index in [-0.39, 0.29) is 0 Å². The van der Waals surface area contributed by atoms with E-state index in [1.807, 2.05) is 6.20 Å². The number of likely N-dealkylation sites (tertiary alicyclic amines) is 1. The molecule has 1 aromatic carbocycles. The van der Waals surface area contributed by atoms with E-state index in [0.717, 1.165) is 62.7 Å². The molecule has 2 aliphatic heterocycles. The number of hydrogen-bond donors (Lipinski definition) is 3. The number of aromatic nitrogens is 1. The number of aliphatic hydroxyl groups is 1. The van der Waals surface area contributed by atoms with E-state index >= 15 is 0 Å². The van der Waals surface area contributed by atoms with Gasteiger partial charge in [-0.2, -0.15) is 0 Å². The van der Waals surface area contributed by atoms with E-state index in [4.69, 9.17) is 9.47 Å². The lowest BCUT2D eigenvalue weighted by molar-refractivity contribution is -0.118. The monoisotopic (exact) mass is 453 g/mol. The van der Waals surface area contributed by atoms with Gasteiger partial charge in [0.1, 0.15) is 19.3 Å². The van der Waals surface area contributed by atoms with Crippen molar-refractivity contribution in [3.05, 3.63) is 46.8 Å². The molecular weight excluding hydrogens is 422 g/mol. The topological polar surface area (TPSA) is 104 Å². The van der Waals surface area contributed by atoms with Gasteiger partial charge in [-0.25, -0.2) is 0 Å². The number of carbonyl (C=O) groups is 2. The molecule has 8 heteroatoms. The van der Waals surface area contributed by atoms with Gasteiger partial charge in [0.15, 0.2) is 11.5 Å². The SMILES string of the molecule is O=C(NC(CN1CCCC1)C(O)c1ccc2c(c1)OCCO2)C(=O)c1[nH]cc2c1CCCC2. The fourth-order valence-corrected chi connectivity index (χ4v) is 5.11. The summed E-state index contributed by atoms with van der Waals surface area (Å²) in [5.41, 5.74) is 3.09. The van der Waals surface area contributed by atoms with Crippen LogP contribution in [-0.2, 0) is 17.6 Å². The molecule has 0 spiro atoms. The van der Waals surface area contributed by atoms with Gasteiger partial charge in [-0.05, 0) is 80.4 Å². The highest BCUT2D eigenvalue weighted by atomic mass is 16.6. The van der Waals surface area contributed by atoms with Crippen molar-refractivity contribution in [3.8, 4) is 11.5 Å². The third-order valence-corrected chi connectivity index (χ3v) is 6.90. The number of ether oxygens (including phenoxy) is 2. The van der Waals surface area contributed by atoms with Gasteiger partial charge < -0.3 is 29.8 Å². The minimum atomic E-state index is -0.990. The van der Waals surface area contributed by atoms with E-state index in [1.54, 1.807) is 18.2 Å². The van der Waals surface area contributed by atoms with E-state index in [9.17, 15) is 14.7 Å². The zero-order valence-electron chi connectivity index (χ0n) is 18.8. The summed E-state index contributed by atoms with van der Waals surface area (Å²) in [5, 5.41) is 14.1. The fourth-order valence-electron chi connectivity index (χ4n) is 5.11. The van der Waals surface area contributed by atoms with Crippen LogP contribution >= 0.6 is 0 Å². The third-order valence-electron chi connectivity index (χ3n) is 6.90. The Kier molecular flexibility index (Phi) is 6.37. The molecule has 8 nitrogen and oxygen atoms in total. The van der Waals surface area contributed by atoms with Crippen LogP contribution in [-0.4, -0.2) is 65.6 Å². The quantitative estimate of drug-likeness (QED) is 0.439. The lowest BCUT2D eigenvalue weighted by Crippen LogP contribution is -2.48. The molecular formula is C25H31N3O5. The van der Waals surface area contributed by atoms with Gasteiger partial charge in [0.05, 0.1) is 11.7 Å². The van der Waals surface area contributed by atoms with Crippen molar-refractivity contribution in [1.29, 1.82) is 0 Å². The first kappa shape index (κ1) is 22.0. The molecule has 1 amide bonds. The standard InChI is InChI=1S/C25H31N3O5/c29-23(16-7-8-20-21(13-16)33-12-11-32-20)19(15-28-9-3-4-10-28)27-25(31)24(30)22-18-6-2-1-5-17(18)14-26-22/h7-8,13-14,19,23,26,29H,1-6,9-12,15H2,(H,27,31). The van der Waals surface area contributed by atoms with E-state index in [1.165, 1.54) is 0 Å². The fraction of sp³-hybridized carbons (Fsp3) is 0.520. The number of aliphatic hydroxyl groups excluding tert-OH is 1. The molecule has 0 saturated carbocycles. The van der Waals surface area contributed by atoms with Crippen LogP contribution < -0.4 is 14.8 Å². The molecule has 3 N–H and O–H groups in total. The Morgan fingerprint density at radius 1 is 1.06 bits per heavy atom. The largest absolute Gasteiger partial charge is 0.486 e. The highest BCUT2D eigenvalue weighted by Gasteiger charge is 2.31. The highest BCUT2D eigenvalue weighted by molar-refractivity contribution is 6.42. The molecule has 3 aliphatic rings. The summed E-state index contributed by atoms with van der Waals surface area (Å²) in [6.07, 6.45) is 6.91. The van der Waals surface area contributed by atoms with E-state index < -0.39 is 23.8 Å². The number of H-pyrrole nitrogens is 1. The van der Waals surface area contributed by atoms with Crippen LogP contribution in [0, 0.1) is 0 Å². The summed E-state index contributed by atoms with van der Waals surface area (Å²) in [5.74, 6) is -0.0351. The summed E-state index contributed by atoms with van der Waals surface area (Å²) < 4.78 is 11.2. The molecule has 2 unspecified atom stereocenters. The van der Waals surface area contributed by atoms with Crippen molar-refractivity contribution in [2.45, 2.75) is 50.7 Å². The second kappa shape index (κ2) is 9.57. The molecule has 1 aromatic heterocycles. The number of amides is 1. The normalized spacial score (nSPS) is 19.5. The Labute approximate surface area is 193 Å². The molecule has 2 aromatic rings. The summed E-state index contributed by atoms with van der Waals surface area (Å²) >= 11 is 0. The number of aromatic amines is 1. The number of hydrogen-bond acceptors (Lipinski definition) is 6. The summed E-state index contributed by atoms with van der Waals surface area (Å²) in [6, 6.07) is 4.68. The Bertz CT molecular complexity index is 1030. The molecule has 0 radical (unpaired) electrons. The van der Waals surface area contributed by atoms with Crippen LogP contribution in [0.2, 0.25) is 0 Å². The number of rotatable bonds is 7. The van der Waals surface area contributed by atoms with Crippen molar-refractivity contribution >= 4 is 11.7 Å². The minimum absolute atomic E-state index is 0.385. The molecule has 2 atom stereocenters. The van der Waals surface area contributed by atoms with Crippen LogP contribution in [0.1, 0.15) is 59.0 Å². The van der Waals surface area contributed by atoms with Crippen molar-refractivity contribution in [2.75, 3.05) is 32.8 Å². The number of nitrogens with zero attached hydrogens (tertiary/aromatic N) is 1. The van der Waals surface area contributed by atoms with Crippen LogP contribution in [0.25, 0.3) is 0 Å². The van der Waals surface area contributed by atoms with Gasteiger partial charge in [0, 0.05) is 12.7 Å². The molecule has 1 aliphatic carbocycles. The van der Waals surface area contributed by atoms with Gasteiger partial charge in [0.2, 0.25) is 0 Å². The average molecular weight is 454 g/mol. The predicted molar refractivity (Wildman–Crippen MR) is 122 cm³/mol. The minimum Gasteiger partial charge on any atom is -0.486 e. The first-order valence-electron chi connectivity index (χ1n) is 11.9. The van der Waals surface area contributed by atoms with Crippen LogP contribution in [0.5, 0.6) is 11.5 Å². The Balaban J connectivity index is 1.35. The summed E-state index contributed by atoms with van der Waals surface area (Å²) in [6.45, 7) is 3.25. The number of ketones is 1. The van der Waals surface area contributed by atoms with Gasteiger partial charge >= 0.3 is 0 Å². The molecule has 0 bridgehead atoms. The molecule has 3 heterocycles. The first-order valence-corrected chi connectivity index (χ1v) is 11.9. The smallest absolute Gasteiger partial charge is 0.294 e.